The van der Waals surface area contributed by atoms with Gasteiger partial charge < -0.3 is 10.6 Å². The van der Waals surface area contributed by atoms with Gasteiger partial charge in [-0.15, -0.1) is 11.8 Å². The minimum absolute atomic E-state index is 0.0545. The molecule has 0 fully saturated rings. The quantitative estimate of drug-likeness (QED) is 0.459. The lowest BCUT2D eigenvalue weighted by atomic mass is 10.1. The number of anilines is 2. The molecule has 4 nitrogen and oxygen atoms in total. The zero-order valence-corrected chi connectivity index (χ0v) is 17.3. The van der Waals surface area contributed by atoms with Crippen molar-refractivity contribution in [3.05, 3.63) is 89.5 Å². The lowest BCUT2D eigenvalue weighted by Gasteiger charge is -2.13. The molecule has 0 spiro atoms. The summed E-state index contributed by atoms with van der Waals surface area (Å²) in [4.78, 5) is 25.2. The van der Waals surface area contributed by atoms with E-state index < -0.39 is 17.6 Å². The monoisotopic (exact) mass is 444 g/mol. The molecular weight excluding hydrogens is 425 g/mol. The molecule has 3 rings (SSSR count). The first-order valence-electron chi connectivity index (χ1n) is 9.30. The van der Waals surface area contributed by atoms with Crippen LogP contribution in [0.5, 0.6) is 0 Å². The van der Waals surface area contributed by atoms with Gasteiger partial charge in [-0.1, -0.05) is 30.3 Å². The molecule has 0 bridgehead atoms. The van der Waals surface area contributed by atoms with E-state index in [0.717, 1.165) is 16.5 Å². The van der Waals surface area contributed by atoms with E-state index in [1.54, 1.807) is 36.4 Å². The number of hydrogen-bond acceptors (Lipinski definition) is 3. The normalized spacial score (nSPS) is 11.1. The smallest absolute Gasteiger partial charge is 0.325 e. The number of benzene rings is 3. The average Bonchev–Trinajstić information content (AvgIpc) is 2.73. The van der Waals surface area contributed by atoms with Gasteiger partial charge in [-0.3, -0.25) is 9.59 Å². The van der Waals surface area contributed by atoms with Crippen LogP contribution in [0.1, 0.15) is 21.5 Å². The number of halogens is 3. The molecule has 0 aliphatic carbocycles. The summed E-state index contributed by atoms with van der Waals surface area (Å²) in [6.07, 6.45) is -4.55. The maximum Gasteiger partial charge on any atom is 0.418 e. The Balaban J connectivity index is 1.56. The highest BCUT2D eigenvalue weighted by Gasteiger charge is 2.33. The topological polar surface area (TPSA) is 58.2 Å². The second-order valence-corrected chi connectivity index (χ2v) is 7.72. The summed E-state index contributed by atoms with van der Waals surface area (Å²) in [6.45, 7) is 1.85. The van der Waals surface area contributed by atoms with E-state index in [1.807, 2.05) is 19.1 Å². The lowest BCUT2D eigenvalue weighted by Crippen LogP contribution is -2.18. The third kappa shape index (κ3) is 6.11. The molecule has 0 heterocycles. The Hall–Kier alpha value is -3.26. The Morgan fingerprint density at radius 1 is 0.871 bits per heavy atom. The Kier molecular flexibility index (Phi) is 7.02. The van der Waals surface area contributed by atoms with Crippen LogP contribution in [0.4, 0.5) is 24.5 Å². The van der Waals surface area contributed by atoms with Crippen molar-refractivity contribution in [2.45, 2.75) is 18.0 Å². The highest BCUT2D eigenvalue weighted by Crippen LogP contribution is 2.34. The van der Waals surface area contributed by atoms with Crippen LogP contribution in [0.15, 0.2) is 77.7 Å². The van der Waals surface area contributed by atoms with Crippen LogP contribution in [0.3, 0.4) is 0 Å². The van der Waals surface area contributed by atoms with E-state index in [0.29, 0.717) is 11.3 Å². The molecule has 0 atom stereocenters. The molecule has 0 saturated carbocycles. The van der Waals surface area contributed by atoms with E-state index in [-0.39, 0.29) is 17.3 Å². The second-order valence-electron chi connectivity index (χ2n) is 6.67. The SMILES string of the molecule is Cc1ccccc1C(=O)Nc1ccc(SCC(=O)Nc2ccccc2C(F)(F)F)cc1. The van der Waals surface area contributed by atoms with Gasteiger partial charge in [0.15, 0.2) is 0 Å². The van der Waals surface area contributed by atoms with Crippen molar-refractivity contribution in [3.8, 4) is 0 Å². The number of aryl methyl sites for hydroxylation is 1. The van der Waals surface area contributed by atoms with Crippen molar-refractivity contribution in [1.29, 1.82) is 0 Å². The van der Waals surface area contributed by atoms with Crippen molar-refractivity contribution in [1.82, 2.24) is 0 Å². The van der Waals surface area contributed by atoms with Crippen molar-refractivity contribution >= 4 is 35.0 Å². The van der Waals surface area contributed by atoms with Gasteiger partial charge in [0.05, 0.1) is 17.0 Å². The number of thioether (sulfide) groups is 1. The van der Waals surface area contributed by atoms with Gasteiger partial charge in [-0.25, -0.2) is 0 Å². The van der Waals surface area contributed by atoms with Gasteiger partial charge in [0, 0.05) is 16.1 Å². The highest BCUT2D eigenvalue weighted by molar-refractivity contribution is 8.00. The average molecular weight is 444 g/mol. The maximum absolute atomic E-state index is 13.0. The Bertz CT molecular complexity index is 1080. The van der Waals surface area contributed by atoms with Crippen LogP contribution in [0.2, 0.25) is 0 Å². The number of rotatable bonds is 6. The van der Waals surface area contributed by atoms with Gasteiger partial charge in [-0.05, 0) is 55.0 Å². The minimum atomic E-state index is -4.55. The molecule has 0 radical (unpaired) electrons. The molecule has 2 amide bonds. The molecule has 0 unspecified atom stereocenters. The lowest BCUT2D eigenvalue weighted by molar-refractivity contribution is -0.137. The first kappa shape index (κ1) is 22.4. The number of carbonyl (C=O) groups excluding carboxylic acids is 2. The zero-order chi connectivity index (χ0) is 22.4. The third-order valence-electron chi connectivity index (χ3n) is 4.38. The number of alkyl halides is 3. The Morgan fingerprint density at radius 3 is 2.19 bits per heavy atom. The summed E-state index contributed by atoms with van der Waals surface area (Å²) in [5, 5.41) is 5.12. The molecule has 160 valence electrons. The van der Waals surface area contributed by atoms with Crippen LogP contribution in [-0.2, 0) is 11.0 Å². The first-order valence-corrected chi connectivity index (χ1v) is 10.3. The molecule has 8 heteroatoms. The van der Waals surface area contributed by atoms with Crippen LogP contribution in [-0.4, -0.2) is 17.6 Å². The predicted octanol–water partition coefficient (Wildman–Crippen LogP) is 6.00. The van der Waals surface area contributed by atoms with Crippen LogP contribution in [0.25, 0.3) is 0 Å². The Morgan fingerprint density at radius 2 is 1.52 bits per heavy atom. The summed E-state index contributed by atoms with van der Waals surface area (Å²) in [5.41, 5.74) is 0.889. The first-order chi connectivity index (χ1) is 14.7. The van der Waals surface area contributed by atoms with Gasteiger partial charge in [0.25, 0.3) is 5.91 Å². The molecule has 3 aromatic carbocycles. The molecular formula is C23H19F3N2O2S. The summed E-state index contributed by atoms with van der Waals surface area (Å²) in [5.74, 6) is -0.818. The number of nitrogens with one attached hydrogen (secondary N) is 2. The van der Waals surface area contributed by atoms with Gasteiger partial charge in [0.2, 0.25) is 5.91 Å². The molecule has 0 saturated heterocycles. The standard InChI is InChI=1S/C23H19F3N2O2S/c1-15-6-2-3-7-18(15)22(30)27-16-10-12-17(13-11-16)31-14-21(29)28-20-9-5-4-8-19(20)23(24,25)26/h2-13H,14H2,1H3,(H,27,30)(H,28,29). The van der Waals surface area contributed by atoms with Gasteiger partial charge in [-0.2, -0.15) is 13.2 Å². The summed E-state index contributed by atoms with van der Waals surface area (Å²) >= 11 is 1.18. The van der Waals surface area contributed by atoms with Crippen LogP contribution < -0.4 is 10.6 Å². The van der Waals surface area contributed by atoms with Gasteiger partial charge >= 0.3 is 6.18 Å². The predicted molar refractivity (Wildman–Crippen MR) is 116 cm³/mol. The van der Waals surface area contributed by atoms with E-state index in [1.165, 1.54) is 30.0 Å². The molecule has 3 aromatic rings. The number of hydrogen-bond donors (Lipinski definition) is 2. The molecule has 0 aromatic heterocycles. The largest absolute Gasteiger partial charge is 0.418 e. The fourth-order valence-corrected chi connectivity index (χ4v) is 3.53. The van der Waals surface area contributed by atoms with Crippen LogP contribution in [0, 0.1) is 6.92 Å². The van der Waals surface area contributed by atoms with Crippen molar-refractivity contribution in [3.63, 3.8) is 0 Å². The van der Waals surface area contributed by atoms with E-state index >= 15 is 0 Å². The van der Waals surface area contributed by atoms with E-state index in [4.69, 9.17) is 0 Å². The van der Waals surface area contributed by atoms with Crippen molar-refractivity contribution < 1.29 is 22.8 Å². The maximum atomic E-state index is 13.0. The number of amides is 2. The number of para-hydroxylation sites is 1. The van der Waals surface area contributed by atoms with Gasteiger partial charge in [0.1, 0.15) is 0 Å². The Labute approximate surface area is 181 Å². The van der Waals surface area contributed by atoms with Crippen molar-refractivity contribution in [2.24, 2.45) is 0 Å². The fraction of sp³-hybridized carbons (Fsp3) is 0.130. The molecule has 31 heavy (non-hydrogen) atoms. The third-order valence-corrected chi connectivity index (χ3v) is 5.39. The highest BCUT2D eigenvalue weighted by atomic mass is 32.2. The van der Waals surface area contributed by atoms with E-state index in [9.17, 15) is 22.8 Å². The number of carbonyl (C=O) groups is 2. The summed E-state index contributed by atoms with van der Waals surface area (Å²) in [6, 6.07) is 19.0. The van der Waals surface area contributed by atoms with Crippen molar-refractivity contribution in [2.75, 3.05) is 16.4 Å². The second kappa shape index (κ2) is 9.70. The summed E-state index contributed by atoms with van der Waals surface area (Å²) < 4.78 is 39.1. The molecule has 0 aliphatic rings. The van der Waals surface area contributed by atoms with E-state index in [2.05, 4.69) is 10.6 Å². The fourth-order valence-electron chi connectivity index (χ4n) is 2.84. The zero-order valence-electron chi connectivity index (χ0n) is 16.5. The molecule has 2 N–H and O–H groups in total. The summed E-state index contributed by atoms with van der Waals surface area (Å²) in [7, 11) is 0. The van der Waals surface area contributed by atoms with Crippen LogP contribution >= 0.6 is 11.8 Å². The minimum Gasteiger partial charge on any atom is -0.325 e. The molecule has 0 aliphatic heterocycles.